The number of carbonyl (C=O) groups is 1. The zero-order valence-corrected chi connectivity index (χ0v) is 16.6. The average molecular weight is 401 g/mol. The number of amides is 1. The molecule has 0 spiro atoms. The van der Waals surface area contributed by atoms with E-state index in [4.69, 9.17) is 0 Å². The number of hydrogen-bond donors (Lipinski definition) is 1. The van der Waals surface area contributed by atoms with Gasteiger partial charge in [-0.25, -0.2) is 0 Å². The number of fused-ring (bicyclic) bond motifs is 1. The van der Waals surface area contributed by atoms with Gasteiger partial charge in [0.25, 0.3) is 10.0 Å². The maximum Gasteiger partial charge on any atom is 0.285 e. The first-order chi connectivity index (χ1) is 11.9. The van der Waals surface area contributed by atoms with Gasteiger partial charge in [0.2, 0.25) is 5.91 Å². The molecule has 2 heterocycles. The van der Waals surface area contributed by atoms with E-state index in [9.17, 15) is 13.2 Å². The number of likely N-dealkylation sites (N-methyl/N-ethyl adjacent to an activating group) is 2. The van der Waals surface area contributed by atoms with Crippen molar-refractivity contribution in [2.75, 3.05) is 40.3 Å². The van der Waals surface area contributed by atoms with E-state index in [1.807, 2.05) is 25.1 Å². The maximum atomic E-state index is 12.5. The number of amidine groups is 1. The van der Waals surface area contributed by atoms with Gasteiger partial charge in [-0.2, -0.15) is 8.42 Å². The molecule has 1 aromatic carbocycles. The van der Waals surface area contributed by atoms with Crippen molar-refractivity contribution in [2.45, 2.75) is 17.7 Å². The summed E-state index contributed by atoms with van der Waals surface area (Å²) in [5, 5.41) is 3.04. The van der Waals surface area contributed by atoms with Crippen molar-refractivity contribution in [1.29, 1.82) is 0 Å². The van der Waals surface area contributed by atoms with Gasteiger partial charge in [-0.05, 0) is 32.0 Å². The molecule has 2 aliphatic rings. The second-order valence-electron chi connectivity index (χ2n) is 6.51. The van der Waals surface area contributed by atoms with Crippen LogP contribution in [0.25, 0.3) is 0 Å². The van der Waals surface area contributed by atoms with Crippen LogP contribution in [0.3, 0.4) is 0 Å². The van der Waals surface area contributed by atoms with Crippen LogP contribution in [0.1, 0.15) is 18.4 Å². The third-order valence-electron chi connectivity index (χ3n) is 4.83. The lowest BCUT2D eigenvalue weighted by Crippen LogP contribution is -2.44. The Bertz CT molecular complexity index is 789. The molecule has 3 rings (SSSR count). The summed E-state index contributed by atoms with van der Waals surface area (Å²) in [4.78, 5) is 16.5. The second-order valence-corrected chi connectivity index (χ2v) is 8.08. The molecule has 0 aliphatic carbocycles. The van der Waals surface area contributed by atoms with E-state index >= 15 is 0 Å². The lowest BCUT2D eigenvalue weighted by Gasteiger charge is -2.34. The maximum absolute atomic E-state index is 12.5. The summed E-state index contributed by atoms with van der Waals surface area (Å²) in [5.74, 6) is 0.674. The zero-order valence-electron chi connectivity index (χ0n) is 15.0. The van der Waals surface area contributed by atoms with Gasteiger partial charge in [-0.1, -0.05) is 12.1 Å². The molecule has 0 radical (unpaired) electrons. The van der Waals surface area contributed by atoms with Crippen LogP contribution in [0.4, 0.5) is 0 Å². The first-order valence-corrected chi connectivity index (χ1v) is 9.97. The summed E-state index contributed by atoms with van der Waals surface area (Å²) in [6.45, 7) is 2.73. The van der Waals surface area contributed by atoms with E-state index in [1.54, 1.807) is 23.1 Å². The lowest BCUT2D eigenvalue weighted by molar-refractivity contribution is -0.135. The molecule has 0 bridgehead atoms. The number of nitrogens with zero attached hydrogens (tertiary/aromatic N) is 3. The lowest BCUT2D eigenvalue weighted by atomic mass is 9.95. The number of halogens is 1. The molecule has 0 aromatic heterocycles. The topological polar surface area (TPSA) is 82.1 Å². The highest BCUT2D eigenvalue weighted by Crippen LogP contribution is 2.29. The molecule has 1 amide bonds. The molecule has 1 saturated heterocycles. The van der Waals surface area contributed by atoms with Crippen LogP contribution >= 0.6 is 12.4 Å². The summed E-state index contributed by atoms with van der Waals surface area (Å²) >= 11 is 0. The van der Waals surface area contributed by atoms with Crippen LogP contribution in [0.2, 0.25) is 0 Å². The highest BCUT2D eigenvalue weighted by atomic mass is 35.5. The Morgan fingerprint density at radius 1 is 1.31 bits per heavy atom. The Morgan fingerprint density at radius 3 is 2.62 bits per heavy atom. The molecule has 9 heteroatoms. The molecule has 1 fully saturated rings. The molecular formula is C17H25ClN4O3S. The van der Waals surface area contributed by atoms with Crippen LogP contribution in [-0.2, 0) is 14.8 Å². The van der Waals surface area contributed by atoms with Crippen LogP contribution in [-0.4, -0.2) is 70.2 Å². The number of likely N-dealkylation sites (tertiary alicyclic amines) is 1. The molecule has 7 nitrogen and oxygen atoms in total. The third-order valence-corrected chi connectivity index (χ3v) is 6.15. The van der Waals surface area contributed by atoms with Crippen molar-refractivity contribution in [3.63, 3.8) is 0 Å². The Morgan fingerprint density at radius 2 is 1.96 bits per heavy atom. The van der Waals surface area contributed by atoms with E-state index < -0.39 is 10.0 Å². The van der Waals surface area contributed by atoms with Gasteiger partial charge in [0, 0.05) is 44.7 Å². The van der Waals surface area contributed by atoms with E-state index in [0.717, 1.165) is 6.54 Å². The summed E-state index contributed by atoms with van der Waals surface area (Å²) in [5.41, 5.74) is 0.665. The minimum absolute atomic E-state index is 0. The Balaban J connectivity index is 0.00000243. The minimum atomic E-state index is -3.59. The summed E-state index contributed by atoms with van der Waals surface area (Å²) < 4.78 is 28.3. The fraction of sp³-hybridized carbons (Fsp3) is 0.529. The van der Waals surface area contributed by atoms with Crippen LogP contribution in [0.5, 0.6) is 0 Å². The van der Waals surface area contributed by atoms with Gasteiger partial charge < -0.3 is 15.1 Å². The van der Waals surface area contributed by atoms with E-state index in [0.29, 0.717) is 43.9 Å². The van der Waals surface area contributed by atoms with Crippen molar-refractivity contribution < 1.29 is 13.2 Å². The number of benzene rings is 1. The largest absolute Gasteiger partial charge is 0.355 e. The van der Waals surface area contributed by atoms with Gasteiger partial charge in [0.05, 0.1) is 0 Å². The van der Waals surface area contributed by atoms with E-state index in [1.165, 1.54) is 0 Å². The fourth-order valence-corrected chi connectivity index (χ4v) is 4.58. The smallest absolute Gasteiger partial charge is 0.285 e. The Kier molecular flexibility index (Phi) is 6.65. The molecule has 144 valence electrons. The molecule has 26 heavy (non-hydrogen) atoms. The molecular weight excluding hydrogens is 376 g/mol. The SMILES string of the molecule is CNCCN(C)C(=O)C1CCN(C2=NS(=O)(=O)c3ccccc32)CC1.Cl. The van der Waals surface area contributed by atoms with Crippen LogP contribution in [0, 0.1) is 5.92 Å². The van der Waals surface area contributed by atoms with Gasteiger partial charge in [0.1, 0.15) is 4.90 Å². The van der Waals surface area contributed by atoms with E-state index in [2.05, 4.69) is 9.71 Å². The zero-order chi connectivity index (χ0) is 18.0. The normalized spacial score (nSPS) is 18.7. The van der Waals surface area contributed by atoms with Crippen molar-refractivity contribution in [3.8, 4) is 0 Å². The monoisotopic (exact) mass is 400 g/mol. The Labute approximate surface area is 160 Å². The van der Waals surface area contributed by atoms with Crippen molar-refractivity contribution in [1.82, 2.24) is 15.1 Å². The van der Waals surface area contributed by atoms with Crippen molar-refractivity contribution in [2.24, 2.45) is 10.3 Å². The Hall–Kier alpha value is -1.64. The molecule has 1 N–H and O–H groups in total. The van der Waals surface area contributed by atoms with Crippen molar-refractivity contribution >= 4 is 34.2 Å². The summed E-state index contributed by atoms with van der Waals surface area (Å²) in [6, 6.07) is 6.92. The highest BCUT2D eigenvalue weighted by molar-refractivity contribution is 7.90. The third kappa shape index (κ3) is 4.02. The average Bonchev–Trinajstić information content (AvgIpc) is 2.91. The standard InChI is InChI=1S/C17H24N4O3S.ClH/c1-18-9-12-20(2)17(22)13-7-10-21(11-8-13)16-14-5-3-4-6-15(14)25(23,24)19-16;/h3-6,13,18H,7-12H2,1-2H3;1H. The number of sulfonamides is 1. The van der Waals surface area contributed by atoms with Crippen LogP contribution < -0.4 is 5.32 Å². The van der Waals surface area contributed by atoms with Crippen LogP contribution in [0.15, 0.2) is 33.6 Å². The van der Waals surface area contributed by atoms with Gasteiger partial charge in [-0.3, -0.25) is 4.79 Å². The summed E-state index contributed by atoms with van der Waals surface area (Å²) in [7, 11) is 0.102. The number of hydrogen-bond acceptors (Lipinski definition) is 5. The first kappa shape index (κ1) is 20.7. The number of piperidine rings is 1. The fourth-order valence-electron chi connectivity index (χ4n) is 3.36. The quantitative estimate of drug-likeness (QED) is 0.813. The predicted octanol–water partition coefficient (Wildman–Crippen LogP) is 0.947. The predicted molar refractivity (Wildman–Crippen MR) is 103 cm³/mol. The number of rotatable bonds is 4. The second kappa shape index (κ2) is 8.37. The molecule has 0 unspecified atom stereocenters. The highest BCUT2D eigenvalue weighted by Gasteiger charge is 2.34. The minimum Gasteiger partial charge on any atom is -0.355 e. The molecule has 1 aromatic rings. The van der Waals surface area contributed by atoms with Gasteiger partial charge >= 0.3 is 0 Å². The first-order valence-electron chi connectivity index (χ1n) is 8.53. The van der Waals surface area contributed by atoms with Gasteiger partial charge in [-0.15, -0.1) is 16.8 Å². The molecule has 2 aliphatic heterocycles. The molecule has 0 saturated carbocycles. The molecule has 0 atom stereocenters. The number of nitrogens with one attached hydrogen (secondary N) is 1. The van der Waals surface area contributed by atoms with Crippen molar-refractivity contribution in [3.05, 3.63) is 29.8 Å². The summed E-state index contributed by atoms with van der Waals surface area (Å²) in [6.07, 6.45) is 1.42. The van der Waals surface area contributed by atoms with Gasteiger partial charge in [0.15, 0.2) is 5.84 Å². The van der Waals surface area contributed by atoms with E-state index in [-0.39, 0.29) is 29.1 Å². The number of carbonyl (C=O) groups excluding carboxylic acids is 1.